The van der Waals surface area contributed by atoms with Crippen LogP contribution >= 0.6 is 0 Å². The zero-order valence-electron chi connectivity index (χ0n) is 12.7. The number of carbonyl (C=O) groups excluding carboxylic acids is 2. The first-order valence-corrected chi connectivity index (χ1v) is 6.71. The normalized spacial score (nSPS) is 10.1. The summed E-state index contributed by atoms with van der Waals surface area (Å²) >= 11 is 0. The Hall–Kier alpha value is -3.08. The van der Waals surface area contributed by atoms with Crippen LogP contribution in [0.3, 0.4) is 0 Å². The van der Waals surface area contributed by atoms with E-state index in [0.29, 0.717) is 0 Å². The second kappa shape index (κ2) is 8.53. The summed E-state index contributed by atoms with van der Waals surface area (Å²) in [6, 6.07) is 2.54. The van der Waals surface area contributed by atoms with E-state index < -0.39 is 39.7 Å². The Morgan fingerprint density at radius 2 is 1.67 bits per heavy atom. The van der Waals surface area contributed by atoms with E-state index in [1.165, 1.54) is 7.11 Å². The molecule has 0 saturated carbocycles. The van der Waals surface area contributed by atoms with Crippen molar-refractivity contribution in [1.82, 2.24) is 4.90 Å². The highest BCUT2D eigenvalue weighted by Crippen LogP contribution is 2.23. The van der Waals surface area contributed by atoms with E-state index in [1.807, 2.05) is 0 Å². The molecule has 1 N–H and O–H groups in total. The molecular formula is C13H15N3O8. The second-order valence-electron chi connectivity index (χ2n) is 4.59. The number of rotatable bonds is 8. The number of ether oxygens (including phenoxy) is 1. The lowest BCUT2D eigenvalue weighted by molar-refractivity contribution is -0.394. The van der Waals surface area contributed by atoms with Gasteiger partial charge in [-0.25, -0.2) is 0 Å². The van der Waals surface area contributed by atoms with E-state index in [2.05, 4.69) is 4.74 Å². The van der Waals surface area contributed by atoms with Gasteiger partial charge in [0.2, 0.25) is 0 Å². The van der Waals surface area contributed by atoms with Crippen LogP contribution < -0.4 is 0 Å². The monoisotopic (exact) mass is 341 g/mol. The van der Waals surface area contributed by atoms with Crippen molar-refractivity contribution in [3.05, 3.63) is 44.0 Å². The minimum absolute atomic E-state index is 0.109. The summed E-state index contributed by atoms with van der Waals surface area (Å²) < 4.78 is 4.45. The molecule has 130 valence electrons. The number of aliphatic hydroxyl groups excluding tert-OH is 1. The zero-order chi connectivity index (χ0) is 18.3. The molecule has 1 aromatic rings. The molecule has 0 fully saturated rings. The largest absolute Gasteiger partial charge is 0.469 e. The third kappa shape index (κ3) is 4.98. The summed E-state index contributed by atoms with van der Waals surface area (Å²) in [5, 5.41) is 30.7. The molecule has 0 heterocycles. The summed E-state index contributed by atoms with van der Waals surface area (Å²) in [6.07, 6.45) is -0.154. The summed E-state index contributed by atoms with van der Waals surface area (Å²) in [6.45, 7) is -0.668. The van der Waals surface area contributed by atoms with Crippen LogP contribution in [-0.4, -0.2) is 58.5 Å². The summed E-state index contributed by atoms with van der Waals surface area (Å²) in [7, 11) is 1.17. The van der Waals surface area contributed by atoms with Gasteiger partial charge in [0, 0.05) is 25.2 Å². The number of methoxy groups -OCH3 is 1. The number of hydrogen-bond acceptors (Lipinski definition) is 8. The number of nitro benzene ring substituents is 2. The van der Waals surface area contributed by atoms with Gasteiger partial charge in [0.05, 0.1) is 41.6 Å². The fourth-order valence-corrected chi connectivity index (χ4v) is 1.88. The molecular weight excluding hydrogens is 326 g/mol. The number of amides is 1. The standard InChI is InChI=1S/C13H15N3O8/c1-24-12(18)2-3-14(4-5-17)13(19)9-6-10(15(20)21)8-11(7-9)16(22)23/h6-8,17H,2-5H2,1H3. The highest BCUT2D eigenvalue weighted by atomic mass is 16.6. The van der Waals surface area contributed by atoms with Crippen LogP contribution in [0, 0.1) is 20.2 Å². The Balaban J connectivity index is 3.14. The summed E-state index contributed by atoms with van der Waals surface area (Å²) in [5.41, 5.74) is -1.50. The molecule has 0 aliphatic heterocycles. The van der Waals surface area contributed by atoms with Crippen LogP contribution in [0.4, 0.5) is 11.4 Å². The van der Waals surface area contributed by atoms with Crippen molar-refractivity contribution in [3.8, 4) is 0 Å². The third-order valence-corrected chi connectivity index (χ3v) is 3.04. The molecule has 0 radical (unpaired) electrons. The van der Waals surface area contributed by atoms with E-state index in [9.17, 15) is 29.8 Å². The van der Waals surface area contributed by atoms with E-state index in [4.69, 9.17) is 5.11 Å². The second-order valence-corrected chi connectivity index (χ2v) is 4.59. The Kier molecular flexibility index (Phi) is 6.74. The van der Waals surface area contributed by atoms with Gasteiger partial charge >= 0.3 is 5.97 Å². The number of nitrogens with zero attached hydrogens (tertiary/aromatic N) is 3. The number of carbonyl (C=O) groups is 2. The van der Waals surface area contributed by atoms with E-state index in [0.717, 1.165) is 23.1 Å². The Labute approximate surface area is 135 Å². The Morgan fingerprint density at radius 3 is 2.08 bits per heavy atom. The van der Waals surface area contributed by atoms with E-state index in [-0.39, 0.29) is 25.1 Å². The smallest absolute Gasteiger partial charge is 0.307 e. The van der Waals surface area contributed by atoms with Crippen molar-refractivity contribution in [2.75, 3.05) is 26.8 Å². The van der Waals surface area contributed by atoms with Gasteiger partial charge in [-0.2, -0.15) is 0 Å². The van der Waals surface area contributed by atoms with Crippen molar-refractivity contribution in [2.24, 2.45) is 0 Å². The zero-order valence-corrected chi connectivity index (χ0v) is 12.7. The van der Waals surface area contributed by atoms with Gasteiger partial charge in [-0.15, -0.1) is 0 Å². The number of hydrogen-bond donors (Lipinski definition) is 1. The molecule has 0 aromatic heterocycles. The van der Waals surface area contributed by atoms with Gasteiger partial charge in [0.15, 0.2) is 0 Å². The van der Waals surface area contributed by atoms with Gasteiger partial charge in [0.1, 0.15) is 0 Å². The molecule has 1 amide bonds. The van der Waals surface area contributed by atoms with Gasteiger partial charge < -0.3 is 14.7 Å². The van der Waals surface area contributed by atoms with Crippen molar-refractivity contribution in [2.45, 2.75) is 6.42 Å². The van der Waals surface area contributed by atoms with Crippen LogP contribution in [0.2, 0.25) is 0 Å². The summed E-state index contributed by atoms with van der Waals surface area (Å²) in [4.78, 5) is 44.6. The molecule has 0 unspecified atom stereocenters. The molecule has 0 aliphatic rings. The van der Waals surface area contributed by atoms with E-state index in [1.54, 1.807) is 0 Å². The van der Waals surface area contributed by atoms with Crippen molar-refractivity contribution >= 4 is 23.3 Å². The SMILES string of the molecule is COC(=O)CCN(CCO)C(=O)c1cc([N+](=O)[O-])cc([N+](=O)[O-])c1. The molecule has 0 aliphatic carbocycles. The van der Waals surface area contributed by atoms with Crippen LogP contribution in [0.1, 0.15) is 16.8 Å². The molecule has 24 heavy (non-hydrogen) atoms. The number of benzene rings is 1. The van der Waals surface area contributed by atoms with Gasteiger partial charge in [0.25, 0.3) is 17.3 Å². The third-order valence-electron chi connectivity index (χ3n) is 3.04. The first-order chi connectivity index (χ1) is 11.3. The maximum Gasteiger partial charge on any atom is 0.307 e. The lowest BCUT2D eigenvalue weighted by Gasteiger charge is -2.21. The lowest BCUT2D eigenvalue weighted by atomic mass is 10.1. The summed E-state index contributed by atoms with van der Waals surface area (Å²) in [5.74, 6) is -1.37. The minimum Gasteiger partial charge on any atom is -0.469 e. The number of non-ortho nitro benzene ring substituents is 2. The average Bonchev–Trinajstić information content (AvgIpc) is 2.56. The molecule has 0 spiro atoms. The molecule has 0 saturated heterocycles. The predicted octanol–water partition coefficient (Wildman–Crippen LogP) is 0.501. The Morgan fingerprint density at radius 1 is 1.12 bits per heavy atom. The average molecular weight is 341 g/mol. The Bertz CT molecular complexity index is 628. The van der Waals surface area contributed by atoms with Crippen molar-refractivity contribution < 1.29 is 29.3 Å². The number of aliphatic hydroxyl groups is 1. The van der Waals surface area contributed by atoms with Crippen LogP contribution in [0.25, 0.3) is 0 Å². The van der Waals surface area contributed by atoms with Crippen molar-refractivity contribution in [1.29, 1.82) is 0 Å². The molecule has 1 rings (SSSR count). The van der Waals surface area contributed by atoms with Gasteiger partial charge in [-0.3, -0.25) is 29.8 Å². The van der Waals surface area contributed by atoms with Crippen LogP contribution in [-0.2, 0) is 9.53 Å². The first-order valence-electron chi connectivity index (χ1n) is 6.71. The highest BCUT2D eigenvalue weighted by molar-refractivity contribution is 5.95. The molecule has 0 atom stereocenters. The van der Waals surface area contributed by atoms with E-state index >= 15 is 0 Å². The molecule has 11 nitrogen and oxygen atoms in total. The lowest BCUT2D eigenvalue weighted by Crippen LogP contribution is -2.35. The van der Waals surface area contributed by atoms with Gasteiger partial charge in [-0.1, -0.05) is 0 Å². The van der Waals surface area contributed by atoms with Crippen molar-refractivity contribution in [3.63, 3.8) is 0 Å². The first kappa shape index (κ1) is 19.0. The topological polar surface area (TPSA) is 153 Å². The maximum atomic E-state index is 12.4. The minimum atomic E-state index is -0.853. The number of esters is 1. The molecule has 1 aromatic carbocycles. The maximum absolute atomic E-state index is 12.4. The molecule has 11 heteroatoms. The highest BCUT2D eigenvalue weighted by Gasteiger charge is 2.23. The molecule has 0 bridgehead atoms. The van der Waals surface area contributed by atoms with Crippen LogP contribution in [0.15, 0.2) is 18.2 Å². The fourth-order valence-electron chi connectivity index (χ4n) is 1.88. The quantitative estimate of drug-likeness (QED) is 0.407. The van der Waals surface area contributed by atoms with Gasteiger partial charge in [-0.05, 0) is 0 Å². The number of nitro groups is 2. The van der Waals surface area contributed by atoms with Crippen LogP contribution in [0.5, 0.6) is 0 Å². The fraction of sp³-hybridized carbons (Fsp3) is 0.385. The predicted molar refractivity (Wildman–Crippen MR) is 79.4 cm³/mol.